The highest BCUT2D eigenvalue weighted by molar-refractivity contribution is 5.82. The number of benzene rings is 2. The molecule has 6 nitrogen and oxygen atoms in total. The molecule has 0 aliphatic heterocycles. The summed E-state index contributed by atoms with van der Waals surface area (Å²) < 4.78 is 10.6. The molecule has 6 heteroatoms. The SMILES string of the molecule is COc1ccc2c(C)c(CCC(=O)NCCc3ccc(N)cc3)c(=O)oc2c1. The molecule has 28 heavy (non-hydrogen) atoms. The van der Waals surface area contributed by atoms with Gasteiger partial charge in [0.15, 0.2) is 0 Å². The molecule has 1 heterocycles. The minimum Gasteiger partial charge on any atom is -0.497 e. The molecule has 1 aromatic heterocycles. The third kappa shape index (κ3) is 4.52. The molecule has 3 aromatic rings. The van der Waals surface area contributed by atoms with Crippen LogP contribution in [-0.4, -0.2) is 19.6 Å². The number of methoxy groups -OCH3 is 1. The molecule has 0 atom stereocenters. The van der Waals surface area contributed by atoms with E-state index in [1.807, 2.05) is 43.3 Å². The molecule has 0 radical (unpaired) electrons. The van der Waals surface area contributed by atoms with Gasteiger partial charge in [0.2, 0.25) is 5.91 Å². The van der Waals surface area contributed by atoms with E-state index < -0.39 is 5.63 Å². The summed E-state index contributed by atoms with van der Waals surface area (Å²) >= 11 is 0. The van der Waals surface area contributed by atoms with Crippen LogP contribution in [0.1, 0.15) is 23.1 Å². The fourth-order valence-corrected chi connectivity index (χ4v) is 3.15. The van der Waals surface area contributed by atoms with Gasteiger partial charge in [-0.3, -0.25) is 4.79 Å². The molecule has 2 aromatic carbocycles. The zero-order valence-corrected chi connectivity index (χ0v) is 16.1. The number of fused-ring (bicyclic) bond motifs is 1. The van der Waals surface area contributed by atoms with Crippen LogP contribution in [0.5, 0.6) is 5.75 Å². The quantitative estimate of drug-likeness (QED) is 0.485. The van der Waals surface area contributed by atoms with E-state index in [-0.39, 0.29) is 12.3 Å². The monoisotopic (exact) mass is 380 g/mol. The maximum atomic E-state index is 12.3. The van der Waals surface area contributed by atoms with Crippen molar-refractivity contribution in [2.75, 3.05) is 19.4 Å². The Bertz CT molecular complexity index is 1040. The van der Waals surface area contributed by atoms with Gasteiger partial charge in [0.05, 0.1) is 7.11 Å². The van der Waals surface area contributed by atoms with Gasteiger partial charge < -0.3 is 20.2 Å². The average Bonchev–Trinajstić information content (AvgIpc) is 2.68. The van der Waals surface area contributed by atoms with Gasteiger partial charge in [0.25, 0.3) is 0 Å². The summed E-state index contributed by atoms with van der Waals surface area (Å²) in [5.74, 6) is 0.535. The molecule has 3 N–H and O–H groups in total. The van der Waals surface area contributed by atoms with Crippen molar-refractivity contribution in [2.24, 2.45) is 0 Å². The van der Waals surface area contributed by atoms with Crippen LogP contribution in [0.15, 0.2) is 51.7 Å². The third-order valence-electron chi connectivity index (χ3n) is 4.81. The van der Waals surface area contributed by atoms with Crippen molar-refractivity contribution < 1.29 is 13.9 Å². The molecular weight excluding hydrogens is 356 g/mol. The van der Waals surface area contributed by atoms with Gasteiger partial charge in [-0.15, -0.1) is 0 Å². The topological polar surface area (TPSA) is 94.6 Å². The Morgan fingerprint density at radius 2 is 1.89 bits per heavy atom. The van der Waals surface area contributed by atoms with Gasteiger partial charge in [0.1, 0.15) is 11.3 Å². The summed E-state index contributed by atoms with van der Waals surface area (Å²) in [4.78, 5) is 24.5. The lowest BCUT2D eigenvalue weighted by Gasteiger charge is -2.09. The Balaban J connectivity index is 1.60. The van der Waals surface area contributed by atoms with Gasteiger partial charge in [0, 0.05) is 35.7 Å². The molecule has 0 spiro atoms. The lowest BCUT2D eigenvalue weighted by atomic mass is 10.0. The molecule has 0 aliphatic rings. The van der Waals surface area contributed by atoms with Crippen LogP contribution in [0.2, 0.25) is 0 Å². The number of rotatable bonds is 7. The molecule has 0 unspecified atom stereocenters. The van der Waals surface area contributed by atoms with E-state index in [1.54, 1.807) is 13.2 Å². The Hall–Kier alpha value is -3.28. The second-order valence-corrected chi connectivity index (χ2v) is 6.70. The molecule has 1 amide bonds. The van der Waals surface area contributed by atoms with Gasteiger partial charge >= 0.3 is 5.63 Å². The van der Waals surface area contributed by atoms with Crippen LogP contribution in [0, 0.1) is 6.92 Å². The highest BCUT2D eigenvalue weighted by Crippen LogP contribution is 2.24. The van der Waals surface area contributed by atoms with E-state index in [1.165, 1.54) is 0 Å². The molecule has 0 saturated carbocycles. The summed E-state index contributed by atoms with van der Waals surface area (Å²) in [6.45, 7) is 2.41. The van der Waals surface area contributed by atoms with Crippen LogP contribution in [0.3, 0.4) is 0 Å². The third-order valence-corrected chi connectivity index (χ3v) is 4.81. The molecule has 0 bridgehead atoms. The van der Waals surface area contributed by atoms with Crippen molar-refractivity contribution in [2.45, 2.75) is 26.2 Å². The van der Waals surface area contributed by atoms with Crippen LogP contribution < -0.4 is 21.4 Å². The van der Waals surface area contributed by atoms with Crippen molar-refractivity contribution in [3.8, 4) is 5.75 Å². The molecule has 146 valence electrons. The first-order valence-corrected chi connectivity index (χ1v) is 9.19. The summed E-state index contributed by atoms with van der Waals surface area (Å²) in [7, 11) is 1.56. The minimum absolute atomic E-state index is 0.0935. The standard InChI is InChI=1S/C22H24N2O4/c1-14-18-8-7-17(27-2)13-20(18)28-22(26)19(14)9-10-21(25)24-12-11-15-3-5-16(23)6-4-15/h3-8,13H,9-12,23H2,1-2H3,(H,24,25). The zero-order chi connectivity index (χ0) is 20.1. The smallest absolute Gasteiger partial charge is 0.339 e. The number of nitrogens with one attached hydrogen (secondary N) is 1. The summed E-state index contributed by atoms with van der Waals surface area (Å²) in [5.41, 5.74) is 8.93. The number of anilines is 1. The van der Waals surface area contributed by atoms with Gasteiger partial charge in [-0.25, -0.2) is 4.79 Å². The van der Waals surface area contributed by atoms with Crippen LogP contribution in [0.4, 0.5) is 5.69 Å². The second kappa shape index (κ2) is 8.61. The number of nitrogens with two attached hydrogens (primary N) is 1. The normalized spacial score (nSPS) is 10.8. The summed E-state index contributed by atoms with van der Waals surface area (Å²) in [6.07, 6.45) is 1.30. The van der Waals surface area contributed by atoms with E-state index in [9.17, 15) is 9.59 Å². The molecule has 0 aliphatic carbocycles. The zero-order valence-electron chi connectivity index (χ0n) is 16.1. The number of carbonyl (C=O) groups is 1. The number of aryl methyl sites for hydroxylation is 1. The maximum absolute atomic E-state index is 12.3. The van der Waals surface area contributed by atoms with Crippen molar-refractivity contribution in [3.05, 3.63) is 69.6 Å². The fraction of sp³-hybridized carbons (Fsp3) is 0.273. The molecule has 0 fully saturated rings. The van der Waals surface area contributed by atoms with E-state index >= 15 is 0 Å². The predicted molar refractivity (Wildman–Crippen MR) is 110 cm³/mol. The van der Waals surface area contributed by atoms with Crippen molar-refractivity contribution in [1.29, 1.82) is 0 Å². The van der Waals surface area contributed by atoms with Crippen LogP contribution in [0.25, 0.3) is 11.0 Å². The first-order chi connectivity index (χ1) is 13.5. The maximum Gasteiger partial charge on any atom is 0.339 e. The van der Waals surface area contributed by atoms with E-state index in [2.05, 4.69) is 5.32 Å². The number of nitrogen functional groups attached to an aromatic ring is 1. The largest absolute Gasteiger partial charge is 0.497 e. The first kappa shape index (κ1) is 19.5. The van der Waals surface area contributed by atoms with Gasteiger partial charge in [-0.2, -0.15) is 0 Å². The Morgan fingerprint density at radius 1 is 1.14 bits per heavy atom. The number of hydrogen-bond acceptors (Lipinski definition) is 5. The fourth-order valence-electron chi connectivity index (χ4n) is 3.15. The first-order valence-electron chi connectivity index (χ1n) is 9.19. The van der Waals surface area contributed by atoms with E-state index in [0.29, 0.717) is 29.9 Å². The lowest BCUT2D eigenvalue weighted by molar-refractivity contribution is -0.121. The summed E-state index contributed by atoms with van der Waals surface area (Å²) in [5, 5.41) is 3.73. The second-order valence-electron chi connectivity index (χ2n) is 6.70. The van der Waals surface area contributed by atoms with Crippen molar-refractivity contribution in [1.82, 2.24) is 5.32 Å². The van der Waals surface area contributed by atoms with Crippen LogP contribution in [-0.2, 0) is 17.6 Å². The van der Waals surface area contributed by atoms with Crippen LogP contribution >= 0.6 is 0 Å². The lowest BCUT2D eigenvalue weighted by Crippen LogP contribution is -2.26. The van der Waals surface area contributed by atoms with Crippen molar-refractivity contribution in [3.63, 3.8) is 0 Å². The Kier molecular flexibility index (Phi) is 5.99. The Morgan fingerprint density at radius 3 is 2.61 bits per heavy atom. The van der Waals surface area contributed by atoms with E-state index in [0.717, 1.165) is 28.6 Å². The van der Waals surface area contributed by atoms with Gasteiger partial charge in [-0.05, 0) is 55.2 Å². The Labute approximate surface area is 163 Å². The number of carbonyl (C=O) groups excluding carboxylic acids is 1. The molecule has 0 saturated heterocycles. The van der Waals surface area contributed by atoms with Crippen molar-refractivity contribution >= 4 is 22.6 Å². The average molecular weight is 380 g/mol. The number of hydrogen-bond donors (Lipinski definition) is 2. The predicted octanol–water partition coefficient (Wildman–Crippen LogP) is 2.98. The van der Waals surface area contributed by atoms with Gasteiger partial charge in [-0.1, -0.05) is 12.1 Å². The number of ether oxygens (including phenoxy) is 1. The molecule has 3 rings (SSSR count). The molecular formula is C22H24N2O4. The summed E-state index contributed by atoms with van der Waals surface area (Å²) in [6, 6.07) is 13.0. The highest BCUT2D eigenvalue weighted by atomic mass is 16.5. The minimum atomic E-state index is -0.409. The highest BCUT2D eigenvalue weighted by Gasteiger charge is 2.13. The van der Waals surface area contributed by atoms with E-state index in [4.69, 9.17) is 14.9 Å². The number of amides is 1.